The van der Waals surface area contributed by atoms with E-state index in [4.69, 9.17) is 14.2 Å². The van der Waals surface area contributed by atoms with Gasteiger partial charge in [-0.15, -0.1) is 0 Å². The van der Waals surface area contributed by atoms with Crippen LogP contribution in [-0.4, -0.2) is 52.2 Å². The van der Waals surface area contributed by atoms with E-state index >= 15 is 0 Å². The van der Waals surface area contributed by atoms with Crippen LogP contribution in [0, 0.1) is 0 Å². The van der Waals surface area contributed by atoms with Crippen molar-refractivity contribution in [3.8, 4) is 0 Å². The van der Waals surface area contributed by atoms with Gasteiger partial charge in [0.05, 0.1) is 13.2 Å². The van der Waals surface area contributed by atoms with Crippen LogP contribution in [0.1, 0.15) is 92.9 Å². The van der Waals surface area contributed by atoms with Gasteiger partial charge in [0, 0.05) is 14.2 Å². The molecule has 0 spiro atoms. The Labute approximate surface area is 238 Å². The van der Waals surface area contributed by atoms with Crippen LogP contribution in [0.2, 0.25) is 0 Å². The Morgan fingerprint density at radius 3 is 1.21 bits per heavy atom. The maximum atomic E-state index is 10.6. The molecule has 5 nitrogen and oxygen atoms in total. The van der Waals surface area contributed by atoms with Crippen molar-refractivity contribution >= 4 is 12.6 Å². The van der Waals surface area contributed by atoms with E-state index in [9.17, 15) is 9.59 Å². The molecule has 0 radical (unpaired) electrons. The monoisotopic (exact) mass is 542 g/mol. The number of ether oxygens (including phenoxy) is 3. The van der Waals surface area contributed by atoms with Crippen LogP contribution in [0.3, 0.4) is 0 Å². The van der Waals surface area contributed by atoms with Gasteiger partial charge in [-0.25, -0.2) is 0 Å². The van der Waals surface area contributed by atoms with Crippen molar-refractivity contribution in [1.29, 1.82) is 0 Å². The lowest BCUT2D eigenvalue weighted by Crippen LogP contribution is -2.31. The Kier molecular flexibility index (Phi) is 22.1. The molecule has 0 aromatic heterocycles. The number of hydrogen-bond donors (Lipinski definition) is 0. The van der Waals surface area contributed by atoms with Gasteiger partial charge in [0.1, 0.15) is 24.8 Å². The number of aldehydes is 2. The molecule has 0 aromatic carbocycles. The Morgan fingerprint density at radius 2 is 0.872 bits per heavy atom. The highest BCUT2D eigenvalue weighted by Crippen LogP contribution is 2.19. The van der Waals surface area contributed by atoms with Crippen molar-refractivity contribution in [2.24, 2.45) is 0 Å². The molecule has 39 heavy (non-hydrogen) atoms. The molecule has 0 aliphatic heterocycles. The molecule has 0 bridgehead atoms. The summed E-state index contributed by atoms with van der Waals surface area (Å²) in [4.78, 5) is 21.1. The zero-order valence-electron chi connectivity index (χ0n) is 25.9. The minimum atomic E-state index is -0.136. The zero-order chi connectivity index (χ0) is 29.5. The quantitative estimate of drug-likeness (QED) is 0.0783. The molecule has 2 unspecified atom stereocenters. The van der Waals surface area contributed by atoms with E-state index in [-0.39, 0.29) is 12.2 Å². The summed E-state index contributed by atoms with van der Waals surface area (Å²) in [5.41, 5.74) is 7.27. The van der Waals surface area contributed by atoms with Crippen molar-refractivity contribution in [3.63, 3.8) is 0 Å². The van der Waals surface area contributed by atoms with Crippen molar-refractivity contribution in [2.45, 2.75) is 105 Å². The summed E-state index contributed by atoms with van der Waals surface area (Å²) in [6, 6.07) is 0. The minimum absolute atomic E-state index is 0.136. The standard InChI is InChI=1S/C34H54O5/c1-27(13-9-15-29(3)21-23-35)17-11-19-31(5)33(25-37-7)39-34(26-38-8)32(6)20-12-18-28(2)14-10-16-30(4)22-24-36/h13-14,19-24,33-34H,9-12,15-18,25-26H2,1-8H3. The lowest BCUT2D eigenvalue weighted by Gasteiger charge is -2.26. The van der Waals surface area contributed by atoms with E-state index in [1.54, 1.807) is 26.4 Å². The third-order valence-corrected chi connectivity index (χ3v) is 6.76. The fourth-order valence-electron chi connectivity index (χ4n) is 4.07. The van der Waals surface area contributed by atoms with E-state index in [0.717, 1.165) is 75.1 Å². The smallest absolute Gasteiger partial charge is 0.142 e. The second kappa shape index (κ2) is 23.5. The highest BCUT2D eigenvalue weighted by molar-refractivity contribution is 5.66. The molecule has 0 aliphatic carbocycles. The Bertz CT molecular complexity index is 813. The summed E-state index contributed by atoms with van der Waals surface area (Å²) in [7, 11) is 3.41. The molecule has 0 saturated carbocycles. The first-order chi connectivity index (χ1) is 18.7. The molecule has 0 rings (SSSR count). The number of methoxy groups -OCH3 is 2. The van der Waals surface area contributed by atoms with Crippen LogP contribution in [0.25, 0.3) is 0 Å². The van der Waals surface area contributed by atoms with Crippen LogP contribution in [0.15, 0.2) is 69.9 Å². The second-order valence-electron chi connectivity index (χ2n) is 10.5. The predicted molar refractivity (Wildman–Crippen MR) is 164 cm³/mol. The molecule has 0 amide bonds. The first kappa shape index (κ1) is 36.7. The molecule has 220 valence electrons. The van der Waals surface area contributed by atoms with Crippen molar-refractivity contribution in [2.75, 3.05) is 27.4 Å². The van der Waals surface area contributed by atoms with Gasteiger partial charge in [-0.2, -0.15) is 0 Å². The summed E-state index contributed by atoms with van der Waals surface area (Å²) in [6.45, 7) is 13.5. The number of rotatable bonds is 22. The normalized spacial score (nSPS) is 15.9. The predicted octanol–water partition coefficient (Wildman–Crippen LogP) is 8.23. The van der Waals surface area contributed by atoms with Crippen LogP contribution in [0.5, 0.6) is 0 Å². The number of allylic oxidation sites excluding steroid dienone is 10. The van der Waals surface area contributed by atoms with Gasteiger partial charge >= 0.3 is 0 Å². The van der Waals surface area contributed by atoms with Crippen molar-refractivity contribution < 1.29 is 23.8 Å². The van der Waals surface area contributed by atoms with Gasteiger partial charge < -0.3 is 14.2 Å². The third-order valence-electron chi connectivity index (χ3n) is 6.76. The molecule has 0 N–H and O–H groups in total. The largest absolute Gasteiger partial charge is 0.382 e. The van der Waals surface area contributed by atoms with Crippen LogP contribution < -0.4 is 0 Å². The second-order valence-corrected chi connectivity index (χ2v) is 10.5. The summed E-state index contributed by atoms with van der Waals surface area (Å²) in [5, 5.41) is 0. The van der Waals surface area contributed by atoms with E-state index in [1.807, 2.05) is 13.8 Å². The van der Waals surface area contributed by atoms with Crippen LogP contribution in [-0.2, 0) is 23.8 Å². The zero-order valence-corrected chi connectivity index (χ0v) is 25.9. The average molecular weight is 543 g/mol. The number of carbonyl (C=O) groups excluding carboxylic acids is 2. The van der Waals surface area contributed by atoms with Crippen LogP contribution >= 0.6 is 0 Å². The molecular weight excluding hydrogens is 488 g/mol. The highest BCUT2D eigenvalue weighted by atomic mass is 16.6. The van der Waals surface area contributed by atoms with E-state index in [1.165, 1.54) is 22.3 Å². The maximum Gasteiger partial charge on any atom is 0.142 e. The summed E-state index contributed by atoms with van der Waals surface area (Å²) < 4.78 is 17.5. The Balaban J connectivity index is 5.02. The first-order valence-electron chi connectivity index (χ1n) is 14.2. The van der Waals surface area contributed by atoms with E-state index in [0.29, 0.717) is 13.2 Å². The third kappa shape index (κ3) is 19.4. The van der Waals surface area contributed by atoms with Gasteiger partial charge in [0.2, 0.25) is 0 Å². The molecule has 0 saturated heterocycles. The van der Waals surface area contributed by atoms with Gasteiger partial charge in [-0.05, 0) is 116 Å². The molecule has 0 heterocycles. The SMILES string of the molecule is COCC(OC(COC)C(C)=CCCC(C)=CCCC(C)=CC=O)C(C)=CCCC(C)=CCCC(C)=CC=O. The van der Waals surface area contributed by atoms with E-state index < -0.39 is 0 Å². The molecule has 0 fully saturated rings. The Hall–Kier alpha value is -2.34. The number of carbonyl (C=O) groups is 2. The first-order valence-corrected chi connectivity index (χ1v) is 14.2. The van der Waals surface area contributed by atoms with E-state index in [2.05, 4.69) is 52.0 Å². The van der Waals surface area contributed by atoms with Crippen LogP contribution in [0.4, 0.5) is 0 Å². The minimum Gasteiger partial charge on any atom is -0.382 e. The fraction of sp³-hybridized carbons (Fsp3) is 0.588. The lowest BCUT2D eigenvalue weighted by molar-refractivity contribution is -0.104. The van der Waals surface area contributed by atoms with Gasteiger partial charge in [-0.1, -0.05) is 46.6 Å². The molecule has 5 heteroatoms. The van der Waals surface area contributed by atoms with Crippen molar-refractivity contribution in [3.05, 3.63) is 69.9 Å². The van der Waals surface area contributed by atoms with Crippen molar-refractivity contribution in [1.82, 2.24) is 0 Å². The summed E-state index contributed by atoms with van der Waals surface area (Å²) in [6.07, 6.45) is 21.4. The molecule has 2 atom stereocenters. The highest BCUT2D eigenvalue weighted by Gasteiger charge is 2.19. The van der Waals surface area contributed by atoms with Gasteiger partial charge in [0.15, 0.2) is 0 Å². The van der Waals surface area contributed by atoms with Gasteiger partial charge in [0.25, 0.3) is 0 Å². The fourth-order valence-corrected chi connectivity index (χ4v) is 4.07. The Morgan fingerprint density at radius 1 is 0.538 bits per heavy atom. The molecular formula is C34H54O5. The summed E-state index contributed by atoms with van der Waals surface area (Å²) in [5.74, 6) is 0. The number of hydrogen-bond acceptors (Lipinski definition) is 5. The molecule has 0 aliphatic rings. The average Bonchev–Trinajstić information content (AvgIpc) is 2.88. The maximum absolute atomic E-state index is 10.6. The van der Waals surface area contributed by atoms with Gasteiger partial charge in [-0.3, -0.25) is 9.59 Å². The molecule has 0 aromatic rings. The topological polar surface area (TPSA) is 61.8 Å². The lowest BCUT2D eigenvalue weighted by atomic mass is 10.0. The summed E-state index contributed by atoms with van der Waals surface area (Å²) >= 11 is 0.